The van der Waals surface area contributed by atoms with Crippen LogP contribution in [0.1, 0.15) is 48.7 Å². The standard InChI is InChI=1S/C16H15N3O3.C11H14O2/c1-2-16(14(20)18-15(21)19-16)11-3-5-12(6-4-11)22-13-7-9-17-10-8-13;1-4-9-5-6-10(13-3)7-11(9)8(2)12/h3-10H,2H2,1H3,(H2,18,19,20,21);5-7H,4H2,1-3H3. The lowest BCUT2D eigenvalue weighted by Gasteiger charge is -2.25. The normalized spacial score (nSPS) is 16.5. The number of urea groups is 1. The van der Waals surface area contributed by atoms with Crippen LogP contribution in [0.4, 0.5) is 4.79 Å². The number of carbonyl (C=O) groups excluding carboxylic acids is 3. The van der Waals surface area contributed by atoms with Crippen LogP contribution in [0.3, 0.4) is 0 Å². The van der Waals surface area contributed by atoms with Crippen LogP contribution in [0.15, 0.2) is 67.0 Å². The fraction of sp³-hybridized carbons (Fsp3) is 0.259. The predicted molar refractivity (Wildman–Crippen MR) is 132 cm³/mol. The van der Waals surface area contributed by atoms with Crippen molar-refractivity contribution in [1.82, 2.24) is 15.6 Å². The fourth-order valence-corrected chi connectivity index (χ4v) is 3.82. The Morgan fingerprint density at radius 2 is 1.57 bits per heavy atom. The molecule has 1 aliphatic rings. The third-order valence-corrected chi connectivity index (χ3v) is 5.78. The summed E-state index contributed by atoms with van der Waals surface area (Å²) in [7, 11) is 1.60. The van der Waals surface area contributed by atoms with Crippen LogP contribution in [-0.2, 0) is 16.8 Å². The molecule has 2 N–H and O–H groups in total. The Morgan fingerprint density at radius 1 is 0.943 bits per heavy atom. The van der Waals surface area contributed by atoms with Crippen LogP contribution in [0.2, 0.25) is 0 Å². The van der Waals surface area contributed by atoms with Gasteiger partial charge in [-0.2, -0.15) is 0 Å². The van der Waals surface area contributed by atoms with E-state index in [1.165, 1.54) is 0 Å². The van der Waals surface area contributed by atoms with Crippen molar-refractivity contribution >= 4 is 17.7 Å². The van der Waals surface area contributed by atoms with Gasteiger partial charge in [0.05, 0.1) is 7.11 Å². The highest BCUT2D eigenvalue weighted by Crippen LogP contribution is 2.30. The van der Waals surface area contributed by atoms with Crippen molar-refractivity contribution in [3.63, 3.8) is 0 Å². The monoisotopic (exact) mass is 475 g/mol. The van der Waals surface area contributed by atoms with E-state index < -0.39 is 11.6 Å². The lowest BCUT2D eigenvalue weighted by atomic mass is 9.87. The number of nitrogens with one attached hydrogen (secondary N) is 2. The van der Waals surface area contributed by atoms with Gasteiger partial charge in [-0.3, -0.25) is 19.9 Å². The number of aromatic nitrogens is 1. The van der Waals surface area contributed by atoms with Gasteiger partial charge in [0.1, 0.15) is 22.8 Å². The van der Waals surface area contributed by atoms with Gasteiger partial charge < -0.3 is 14.8 Å². The summed E-state index contributed by atoms with van der Waals surface area (Å²) in [5, 5.41) is 4.99. The first kappa shape index (κ1) is 25.4. The molecule has 3 amide bonds. The molecule has 0 radical (unpaired) electrons. The smallest absolute Gasteiger partial charge is 0.322 e. The first-order valence-electron chi connectivity index (χ1n) is 11.3. The molecule has 1 aliphatic heterocycles. The minimum Gasteiger partial charge on any atom is -0.497 e. The van der Waals surface area contributed by atoms with Crippen molar-refractivity contribution in [3.8, 4) is 17.2 Å². The maximum atomic E-state index is 12.1. The second-order valence-electron chi connectivity index (χ2n) is 7.91. The van der Waals surface area contributed by atoms with Crippen molar-refractivity contribution < 1.29 is 23.9 Å². The summed E-state index contributed by atoms with van der Waals surface area (Å²) < 4.78 is 10.7. The molecule has 1 saturated heterocycles. The van der Waals surface area contributed by atoms with E-state index in [2.05, 4.69) is 15.6 Å². The Balaban J connectivity index is 0.000000225. The van der Waals surface area contributed by atoms with Gasteiger partial charge in [0.15, 0.2) is 5.78 Å². The zero-order valence-electron chi connectivity index (χ0n) is 20.3. The minimum atomic E-state index is -1.01. The maximum Gasteiger partial charge on any atom is 0.322 e. The van der Waals surface area contributed by atoms with Gasteiger partial charge in [-0.05, 0) is 67.3 Å². The van der Waals surface area contributed by atoms with E-state index in [9.17, 15) is 14.4 Å². The molecule has 1 atom stereocenters. The van der Waals surface area contributed by atoms with Gasteiger partial charge >= 0.3 is 6.03 Å². The number of hydrogen-bond acceptors (Lipinski definition) is 6. The summed E-state index contributed by atoms with van der Waals surface area (Å²) >= 11 is 0. The summed E-state index contributed by atoms with van der Waals surface area (Å²) in [5.74, 6) is 1.83. The van der Waals surface area contributed by atoms with Crippen LogP contribution in [0, 0.1) is 0 Å². The van der Waals surface area contributed by atoms with E-state index >= 15 is 0 Å². The molecule has 2 aromatic carbocycles. The van der Waals surface area contributed by atoms with Crippen molar-refractivity contribution in [2.24, 2.45) is 0 Å². The van der Waals surface area contributed by atoms with Crippen LogP contribution in [0.25, 0.3) is 0 Å². The third kappa shape index (κ3) is 5.84. The highest BCUT2D eigenvalue weighted by molar-refractivity contribution is 6.07. The summed E-state index contributed by atoms with van der Waals surface area (Å²) in [5.41, 5.74) is 1.56. The first-order chi connectivity index (χ1) is 16.8. The quantitative estimate of drug-likeness (QED) is 0.376. The van der Waals surface area contributed by atoms with Gasteiger partial charge in [-0.25, -0.2) is 4.79 Å². The number of aryl methyl sites for hydroxylation is 1. The van der Waals surface area contributed by atoms with Gasteiger partial charge in [-0.15, -0.1) is 0 Å². The number of benzene rings is 2. The molecule has 0 bridgehead atoms. The highest BCUT2D eigenvalue weighted by atomic mass is 16.5. The van der Waals surface area contributed by atoms with Crippen molar-refractivity contribution in [2.45, 2.75) is 39.2 Å². The van der Waals surface area contributed by atoms with Crippen molar-refractivity contribution in [2.75, 3.05) is 7.11 Å². The molecule has 8 heteroatoms. The van der Waals surface area contributed by atoms with E-state index in [0.717, 1.165) is 28.9 Å². The van der Waals surface area contributed by atoms with Crippen molar-refractivity contribution in [1.29, 1.82) is 0 Å². The zero-order valence-corrected chi connectivity index (χ0v) is 20.3. The lowest BCUT2D eigenvalue weighted by Crippen LogP contribution is -2.43. The molecule has 1 unspecified atom stereocenters. The number of ketones is 1. The Kier molecular flexibility index (Phi) is 8.20. The van der Waals surface area contributed by atoms with Crippen LogP contribution in [0.5, 0.6) is 17.2 Å². The molecule has 2 heterocycles. The second kappa shape index (κ2) is 11.3. The molecular weight excluding hydrogens is 446 g/mol. The SMILES string of the molecule is CCC1(c2ccc(Oc3ccncc3)cc2)NC(=O)NC1=O.CCc1ccc(OC)cc1C(C)=O. The zero-order chi connectivity index (χ0) is 25.4. The fourth-order valence-electron chi connectivity index (χ4n) is 3.82. The molecule has 182 valence electrons. The van der Waals surface area contributed by atoms with E-state index in [1.807, 2.05) is 26.0 Å². The average Bonchev–Trinajstić information content (AvgIpc) is 3.18. The molecule has 1 aromatic heterocycles. The number of nitrogens with zero attached hydrogens (tertiary/aromatic N) is 1. The third-order valence-electron chi connectivity index (χ3n) is 5.78. The molecule has 35 heavy (non-hydrogen) atoms. The summed E-state index contributed by atoms with van der Waals surface area (Å²) in [6, 6.07) is 15.8. The van der Waals surface area contributed by atoms with Gasteiger partial charge in [0, 0.05) is 18.0 Å². The molecule has 0 saturated carbocycles. The van der Waals surface area contributed by atoms with Crippen molar-refractivity contribution in [3.05, 3.63) is 83.7 Å². The lowest BCUT2D eigenvalue weighted by molar-refractivity contribution is -0.124. The minimum absolute atomic E-state index is 0.0933. The summed E-state index contributed by atoms with van der Waals surface area (Å²) in [4.78, 5) is 38.7. The largest absolute Gasteiger partial charge is 0.497 e. The molecule has 0 spiro atoms. The number of methoxy groups -OCH3 is 1. The number of amides is 3. The Bertz CT molecular complexity index is 1200. The topological polar surface area (TPSA) is 107 Å². The molecule has 3 aromatic rings. The van der Waals surface area contributed by atoms with Gasteiger partial charge in [-0.1, -0.05) is 32.0 Å². The summed E-state index contributed by atoms with van der Waals surface area (Å²) in [6.45, 7) is 5.47. The first-order valence-corrected chi connectivity index (χ1v) is 11.3. The number of imide groups is 1. The Morgan fingerprint density at radius 3 is 2.09 bits per heavy atom. The van der Waals surface area contributed by atoms with E-state index in [-0.39, 0.29) is 11.7 Å². The van der Waals surface area contributed by atoms with E-state index in [1.54, 1.807) is 68.9 Å². The average molecular weight is 476 g/mol. The number of Topliss-reactive ketones (excluding diaryl/α,β-unsaturated/α-hetero) is 1. The van der Waals surface area contributed by atoms with Gasteiger partial charge in [0.25, 0.3) is 5.91 Å². The molecule has 1 fully saturated rings. The van der Waals surface area contributed by atoms with E-state index in [4.69, 9.17) is 9.47 Å². The van der Waals surface area contributed by atoms with Gasteiger partial charge in [0.2, 0.25) is 0 Å². The molecule has 0 aliphatic carbocycles. The predicted octanol–water partition coefficient (Wildman–Crippen LogP) is 4.78. The number of rotatable bonds is 7. The van der Waals surface area contributed by atoms with Crippen LogP contribution < -0.4 is 20.1 Å². The number of ether oxygens (including phenoxy) is 2. The molecule has 8 nitrogen and oxygen atoms in total. The maximum absolute atomic E-state index is 12.1. The van der Waals surface area contributed by atoms with Crippen LogP contribution in [-0.4, -0.2) is 29.8 Å². The Hall–Kier alpha value is -4.20. The Labute approximate surface area is 204 Å². The number of carbonyl (C=O) groups is 3. The van der Waals surface area contributed by atoms with E-state index in [0.29, 0.717) is 17.9 Å². The molecular formula is C27H29N3O5. The van der Waals surface area contributed by atoms with Crippen LogP contribution >= 0.6 is 0 Å². The number of hydrogen-bond donors (Lipinski definition) is 2. The number of pyridine rings is 1. The summed E-state index contributed by atoms with van der Waals surface area (Å²) in [6.07, 6.45) is 4.64. The molecule has 4 rings (SSSR count). The highest BCUT2D eigenvalue weighted by Gasteiger charge is 2.46. The second-order valence-corrected chi connectivity index (χ2v) is 7.91.